The molecule has 0 spiro atoms. The Labute approximate surface area is 118 Å². The van der Waals surface area contributed by atoms with Gasteiger partial charge in [0.05, 0.1) is 10.6 Å². The summed E-state index contributed by atoms with van der Waals surface area (Å²) in [5.41, 5.74) is -0.883. The number of anilines is 1. The maximum absolute atomic E-state index is 13.6. The van der Waals surface area contributed by atoms with Crippen LogP contribution in [0.3, 0.4) is 0 Å². The van der Waals surface area contributed by atoms with Gasteiger partial charge in [-0.1, -0.05) is 12.1 Å². The van der Waals surface area contributed by atoms with Gasteiger partial charge in [-0.25, -0.2) is 4.39 Å². The third-order valence-electron chi connectivity index (χ3n) is 2.91. The molecule has 2 aromatic carbocycles. The van der Waals surface area contributed by atoms with E-state index in [1.54, 1.807) is 6.07 Å². The number of para-hydroxylation sites is 1. The fourth-order valence-electron chi connectivity index (χ4n) is 1.81. The minimum absolute atomic E-state index is 0.0227. The molecule has 0 aromatic heterocycles. The molecule has 0 fully saturated rings. The van der Waals surface area contributed by atoms with Crippen LogP contribution in [0.1, 0.15) is 10.4 Å². The Bertz CT molecular complexity index is 719. The number of nitro groups is 1. The monoisotopic (exact) mass is 292 g/mol. The van der Waals surface area contributed by atoms with E-state index in [2.05, 4.69) is 0 Å². The normalized spacial score (nSPS) is 10.2. The molecule has 21 heavy (non-hydrogen) atoms. The van der Waals surface area contributed by atoms with E-state index in [-0.39, 0.29) is 11.3 Å². The van der Waals surface area contributed by atoms with Crippen molar-refractivity contribution in [3.63, 3.8) is 0 Å². The zero-order chi connectivity index (χ0) is 15.6. The lowest BCUT2D eigenvalue weighted by molar-refractivity contribution is -0.387. The van der Waals surface area contributed by atoms with Gasteiger partial charge in [0.2, 0.25) is 5.82 Å². The predicted molar refractivity (Wildman–Crippen MR) is 72.2 cm³/mol. The standard InChI is InChI=1S/C14H10F2N2O3/c1-17(12-5-3-2-4-10(12)15)14(19)9-6-7-11(16)13(8-9)18(20)21/h2-8H,1H3. The number of amides is 1. The Kier molecular flexibility index (Phi) is 3.93. The molecule has 0 saturated heterocycles. The van der Waals surface area contributed by atoms with Gasteiger partial charge < -0.3 is 4.90 Å². The molecule has 2 aromatic rings. The van der Waals surface area contributed by atoms with Crippen molar-refractivity contribution in [2.24, 2.45) is 0 Å². The summed E-state index contributed by atoms with van der Waals surface area (Å²) in [6.45, 7) is 0. The minimum atomic E-state index is -1.04. The van der Waals surface area contributed by atoms with Gasteiger partial charge in [-0.05, 0) is 24.3 Å². The van der Waals surface area contributed by atoms with Crippen molar-refractivity contribution >= 4 is 17.3 Å². The van der Waals surface area contributed by atoms with Gasteiger partial charge in [0.1, 0.15) is 5.82 Å². The van der Waals surface area contributed by atoms with Gasteiger partial charge in [-0.2, -0.15) is 4.39 Å². The number of benzene rings is 2. The van der Waals surface area contributed by atoms with E-state index in [9.17, 15) is 23.7 Å². The summed E-state index contributed by atoms with van der Waals surface area (Å²) in [6, 6.07) is 8.38. The van der Waals surface area contributed by atoms with Gasteiger partial charge in [-0.3, -0.25) is 14.9 Å². The highest BCUT2D eigenvalue weighted by Gasteiger charge is 2.21. The Morgan fingerprint density at radius 1 is 1.14 bits per heavy atom. The number of carbonyl (C=O) groups is 1. The molecule has 0 aliphatic rings. The summed E-state index contributed by atoms with van der Waals surface area (Å²) in [6.07, 6.45) is 0. The van der Waals surface area contributed by atoms with E-state index >= 15 is 0 Å². The van der Waals surface area contributed by atoms with Crippen LogP contribution in [0.15, 0.2) is 42.5 Å². The summed E-state index contributed by atoms with van der Waals surface area (Å²) < 4.78 is 26.9. The number of carbonyl (C=O) groups excluding carboxylic acids is 1. The molecule has 0 radical (unpaired) electrons. The van der Waals surface area contributed by atoms with Crippen molar-refractivity contribution in [1.82, 2.24) is 0 Å². The van der Waals surface area contributed by atoms with E-state index in [4.69, 9.17) is 0 Å². The molecule has 1 amide bonds. The quantitative estimate of drug-likeness (QED) is 0.645. The predicted octanol–water partition coefficient (Wildman–Crippen LogP) is 3.15. The van der Waals surface area contributed by atoms with Crippen molar-refractivity contribution in [2.75, 3.05) is 11.9 Å². The summed E-state index contributed by atoms with van der Waals surface area (Å²) in [7, 11) is 1.33. The first kappa shape index (κ1) is 14.6. The highest BCUT2D eigenvalue weighted by atomic mass is 19.1. The van der Waals surface area contributed by atoms with Crippen molar-refractivity contribution in [1.29, 1.82) is 0 Å². The van der Waals surface area contributed by atoms with Gasteiger partial charge in [0.25, 0.3) is 5.91 Å². The van der Waals surface area contributed by atoms with Crippen LogP contribution in [0.4, 0.5) is 20.2 Å². The largest absolute Gasteiger partial charge is 0.309 e. The third kappa shape index (κ3) is 2.86. The smallest absolute Gasteiger partial charge is 0.305 e. The summed E-state index contributed by atoms with van der Waals surface area (Å²) in [4.78, 5) is 23.0. The first-order chi connectivity index (χ1) is 9.91. The van der Waals surface area contributed by atoms with Crippen molar-refractivity contribution < 1.29 is 18.5 Å². The molecule has 0 heterocycles. The topological polar surface area (TPSA) is 63.5 Å². The molecule has 0 atom stereocenters. The van der Waals surface area contributed by atoms with Crippen molar-refractivity contribution in [2.45, 2.75) is 0 Å². The molecular formula is C14H10F2N2O3. The van der Waals surface area contributed by atoms with Crippen LogP contribution >= 0.6 is 0 Å². The summed E-state index contributed by atoms with van der Waals surface area (Å²) >= 11 is 0. The molecule has 0 unspecified atom stereocenters. The molecule has 2 rings (SSSR count). The van der Waals surface area contributed by atoms with Crippen LogP contribution in [0.2, 0.25) is 0 Å². The van der Waals surface area contributed by atoms with E-state index in [1.165, 1.54) is 25.2 Å². The average Bonchev–Trinajstić information content (AvgIpc) is 2.46. The highest BCUT2D eigenvalue weighted by Crippen LogP contribution is 2.23. The van der Waals surface area contributed by atoms with Crippen LogP contribution in [0.5, 0.6) is 0 Å². The fourth-order valence-corrected chi connectivity index (χ4v) is 1.81. The van der Waals surface area contributed by atoms with E-state index < -0.39 is 28.2 Å². The van der Waals surface area contributed by atoms with Crippen LogP contribution in [-0.4, -0.2) is 17.9 Å². The Hall–Kier alpha value is -2.83. The molecule has 5 nitrogen and oxygen atoms in total. The maximum Gasteiger partial charge on any atom is 0.305 e. The molecule has 108 valence electrons. The molecule has 0 aliphatic carbocycles. The van der Waals surface area contributed by atoms with Crippen molar-refractivity contribution in [3.8, 4) is 0 Å². The van der Waals surface area contributed by atoms with E-state index in [0.717, 1.165) is 23.1 Å². The van der Waals surface area contributed by atoms with Crippen LogP contribution in [-0.2, 0) is 0 Å². The second kappa shape index (κ2) is 5.66. The summed E-state index contributed by atoms with van der Waals surface area (Å²) in [5.74, 6) is -2.32. The van der Waals surface area contributed by atoms with Gasteiger partial charge >= 0.3 is 5.69 Å². The molecule has 0 aliphatic heterocycles. The minimum Gasteiger partial charge on any atom is -0.309 e. The first-order valence-corrected chi connectivity index (χ1v) is 5.88. The highest BCUT2D eigenvalue weighted by molar-refractivity contribution is 6.06. The van der Waals surface area contributed by atoms with Crippen LogP contribution in [0, 0.1) is 21.7 Å². The van der Waals surface area contributed by atoms with Crippen LogP contribution < -0.4 is 4.90 Å². The lowest BCUT2D eigenvalue weighted by atomic mass is 10.1. The lowest BCUT2D eigenvalue weighted by Crippen LogP contribution is -2.27. The van der Waals surface area contributed by atoms with E-state index in [1.807, 2.05) is 0 Å². The lowest BCUT2D eigenvalue weighted by Gasteiger charge is -2.17. The second-order valence-corrected chi connectivity index (χ2v) is 4.24. The van der Waals surface area contributed by atoms with Gasteiger partial charge in [0.15, 0.2) is 0 Å². The zero-order valence-electron chi connectivity index (χ0n) is 10.9. The van der Waals surface area contributed by atoms with Crippen LogP contribution in [0.25, 0.3) is 0 Å². The molecule has 0 N–H and O–H groups in total. The maximum atomic E-state index is 13.6. The first-order valence-electron chi connectivity index (χ1n) is 5.88. The number of halogens is 2. The fraction of sp³-hybridized carbons (Fsp3) is 0.0714. The molecule has 0 saturated carbocycles. The number of rotatable bonds is 3. The van der Waals surface area contributed by atoms with Gasteiger partial charge in [0, 0.05) is 18.7 Å². The van der Waals surface area contributed by atoms with E-state index in [0.29, 0.717) is 0 Å². The Morgan fingerprint density at radius 3 is 2.43 bits per heavy atom. The number of nitro benzene ring substituents is 1. The van der Waals surface area contributed by atoms with Crippen molar-refractivity contribution in [3.05, 3.63) is 69.8 Å². The number of nitrogens with zero attached hydrogens (tertiary/aromatic N) is 2. The zero-order valence-corrected chi connectivity index (χ0v) is 10.9. The summed E-state index contributed by atoms with van der Waals surface area (Å²) in [5, 5.41) is 10.7. The third-order valence-corrected chi connectivity index (χ3v) is 2.91. The second-order valence-electron chi connectivity index (χ2n) is 4.24. The van der Waals surface area contributed by atoms with Gasteiger partial charge in [-0.15, -0.1) is 0 Å². The number of hydrogen-bond acceptors (Lipinski definition) is 3. The Morgan fingerprint density at radius 2 is 1.81 bits per heavy atom. The SMILES string of the molecule is CN(C(=O)c1ccc(F)c([N+](=O)[O-])c1)c1ccccc1F. The molecule has 0 bridgehead atoms. The average molecular weight is 292 g/mol. The molecule has 7 heteroatoms. The molecular weight excluding hydrogens is 282 g/mol. The number of hydrogen-bond donors (Lipinski definition) is 0. The Balaban J connectivity index is 2.39.